The van der Waals surface area contributed by atoms with Crippen LogP contribution in [0, 0.1) is 0 Å². The molecule has 2 aliphatic rings. The minimum Gasteiger partial charge on any atom is -0.465 e. The van der Waals surface area contributed by atoms with Gasteiger partial charge in [-0.05, 0) is 30.5 Å². The zero-order valence-electron chi connectivity index (χ0n) is 12.6. The third-order valence-corrected chi connectivity index (χ3v) is 4.21. The van der Waals surface area contributed by atoms with Crippen LogP contribution in [0.25, 0.3) is 0 Å². The number of carbonyl (C=O) groups excluding carboxylic acids is 2. The van der Waals surface area contributed by atoms with E-state index in [-0.39, 0.29) is 23.5 Å². The van der Waals surface area contributed by atoms with Gasteiger partial charge in [0, 0.05) is 6.54 Å². The summed E-state index contributed by atoms with van der Waals surface area (Å²) in [6, 6.07) is 6.93. The molecule has 1 heterocycles. The fourth-order valence-electron chi connectivity index (χ4n) is 2.71. The third kappa shape index (κ3) is 2.98. The number of nitrogens with one attached hydrogen (secondary N) is 2. The van der Waals surface area contributed by atoms with Crippen LogP contribution in [0.4, 0.5) is 0 Å². The molecule has 22 heavy (non-hydrogen) atoms. The van der Waals surface area contributed by atoms with E-state index in [4.69, 9.17) is 9.47 Å². The SMILES string of the molecule is COC(=O)c1ccc(C2(NC(=O)[C@H]3COCCN3)CC2)cc1. The average molecular weight is 304 g/mol. The van der Waals surface area contributed by atoms with E-state index in [9.17, 15) is 9.59 Å². The van der Waals surface area contributed by atoms with Gasteiger partial charge in [0.25, 0.3) is 0 Å². The van der Waals surface area contributed by atoms with Crippen molar-refractivity contribution < 1.29 is 19.1 Å². The average Bonchev–Trinajstić information content (AvgIpc) is 3.36. The second-order valence-electron chi connectivity index (χ2n) is 5.72. The molecule has 1 aliphatic heterocycles. The maximum Gasteiger partial charge on any atom is 0.337 e. The first-order valence-electron chi connectivity index (χ1n) is 7.47. The molecule has 2 fully saturated rings. The summed E-state index contributed by atoms with van der Waals surface area (Å²) in [5, 5.41) is 6.27. The molecule has 0 spiro atoms. The summed E-state index contributed by atoms with van der Waals surface area (Å²) >= 11 is 0. The van der Waals surface area contributed by atoms with Crippen LogP contribution in [0.15, 0.2) is 24.3 Å². The molecule has 0 bridgehead atoms. The molecule has 6 nitrogen and oxygen atoms in total. The van der Waals surface area contributed by atoms with E-state index in [1.165, 1.54) is 7.11 Å². The summed E-state index contributed by atoms with van der Waals surface area (Å²) in [6.45, 7) is 1.74. The smallest absolute Gasteiger partial charge is 0.337 e. The minimum absolute atomic E-state index is 0.0331. The third-order valence-electron chi connectivity index (χ3n) is 4.21. The van der Waals surface area contributed by atoms with Crippen molar-refractivity contribution in [1.82, 2.24) is 10.6 Å². The summed E-state index contributed by atoms with van der Waals surface area (Å²) in [5.41, 5.74) is 1.23. The molecule has 6 heteroatoms. The molecule has 1 aromatic rings. The summed E-state index contributed by atoms with van der Waals surface area (Å²) in [7, 11) is 1.36. The molecular weight excluding hydrogens is 284 g/mol. The van der Waals surface area contributed by atoms with E-state index in [1.54, 1.807) is 12.1 Å². The van der Waals surface area contributed by atoms with Gasteiger partial charge >= 0.3 is 5.97 Å². The lowest BCUT2D eigenvalue weighted by Crippen LogP contribution is -2.53. The molecule has 1 aliphatic carbocycles. The second kappa shape index (κ2) is 6.06. The van der Waals surface area contributed by atoms with E-state index in [2.05, 4.69) is 10.6 Å². The second-order valence-corrected chi connectivity index (χ2v) is 5.72. The van der Waals surface area contributed by atoms with Crippen LogP contribution < -0.4 is 10.6 Å². The summed E-state index contributed by atoms with van der Waals surface area (Å²) in [6.07, 6.45) is 1.81. The Balaban J connectivity index is 1.68. The predicted octanol–water partition coefficient (Wildman–Crippen LogP) is 0.567. The number of esters is 1. The topological polar surface area (TPSA) is 76.7 Å². The molecule has 1 atom stereocenters. The number of methoxy groups -OCH3 is 1. The van der Waals surface area contributed by atoms with Gasteiger partial charge < -0.3 is 20.1 Å². The molecule has 1 amide bonds. The molecule has 1 saturated carbocycles. The van der Waals surface area contributed by atoms with Crippen LogP contribution in [-0.2, 0) is 19.8 Å². The summed E-state index contributed by atoms with van der Waals surface area (Å²) < 4.78 is 10.0. The first-order valence-corrected chi connectivity index (χ1v) is 7.47. The van der Waals surface area contributed by atoms with Gasteiger partial charge in [-0.15, -0.1) is 0 Å². The Kier molecular flexibility index (Phi) is 4.13. The number of ether oxygens (including phenoxy) is 2. The van der Waals surface area contributed by atoms with Gasteiger partial charge in [0.05, 0.1) is 31.4 Å². The van der Waals surface area contributed by atoms with Crippen LogP contribution in [0.3, 0.4) is 0 Å². The van der Waals surface area contributed by atoms with Crippen molar-refractivity contribution in [2.24, 2.45) is 0 Å². The standard InChI is InChI=1S/C16H20N2O4/c1-21-15(20)11-2-4-12(5-3-11)16(6-7-16)18-14(19)13-10-22-9-8-17-13/h2-5,13,17H,6-10H2,1H3,(H,18,19)/t13-/m1/s1. The zero-order valence-corrected chi connectivity index (χ0v) is 12.6. The predicted molar refractivity (Wildman–Crippen MR) is 79.4 cm³/mol. The number of hydrogen-bond donors (Lipinski definition) is 2. The number of morpholine rings is 1. The molecule has 3 rings (SSSR count). The Hall–Kier alpha value is -1.92. The molecule has 2 N–H and O–H groups in total. The van der Waals surface area contributed by atoms with Crippen LogP contribution in [0.5, 0.6) is 0 Å². The number of benzene rings is 1. The summed E-state index contributed by atoms with van der Waals surface area (Å²) in [4.78, 5) is 23.8. The fraction of sp³-hybridized carbons (Fsp3) is 0.500. The maximum absolute atomic E-state index is 12.3. The van der Waals surface area contributed by atoms with E-state index in [0.29, 0.717) is 25.3 Å². The molecule has 0 aromatic heterocycles. The first-order chi connectivity index (χ1) is 10.6. The highest BCUT2D eigenvalue weighted by Crippen LogP contribution is 2.45. The van der Waals surface area contributed by atoms with E-state index in [0.717, 1.165) is 18.4 Å². The maximum atomic E-state index is 12.3. The Morgan fingerprint density at radius 2 is 2.05 bits per heavy atom. The Bertz CT molecular complexity index is 560. The van der Waals surface area contributed by atoms with Crippen LogP contribution in [0.1, 0.15) is 28.8 Å². The molecular formula is C16H20N2O4. The molecule has 118 valence electrons. The molecule has 1 saturated heterocycles. The minimum atomic E-state index is -0.357. The summed E-state index contributed by atoms with van der Waals surface area (Å²) in [5.74, 6) is -0.391. The number of carbonyl (C=O) groups is 2. The largest absolute Gasteiger partial charge is 0.465 e. The monoisotopic (exact) mass is 304 g/mol. The van der Waals surface area contributed by atoms with Gasteiger partial charge in [-0.2, -0.15) is 0 Å². The van der Waals surface area contributed by atoms with Crippen molar-refractivity contribution >= 4 is 11.9 Å². The van der Waals surface area contributed by atoms with Crippen molar-refractivity contribution in [2.75, 3.05) is 26.9 Å². The first kappa shape index (κ1) is 15.0. The van der Waals surface area contributed by atoms with Crippen molar-refractivity contribution in [3.05, 3.63) is 35.4 Å². The van der Waals surface area contributed by atoms with Gasteiger partial charge in [-0.25, -0.2) is 4.79 Å². The van der Waals surface area contributed by atoms with Crippen molar-refractivity contribution in [2.45, 2.75) is 24.4 Å². The van der Waals surface area contributed by atoms with Crippen molar-refractivity contribution in [3.8, 4) is 0 Å². The highest BCUT2D eigenvalue weighted by atomic mass is 16.5. The van der Waals surface area contributed by atoms with E-state index in [1.807, 2.05) is 12.1 Å². The number of rotatable bonds is 4. The van der Waals surface area contributed by atoms with Crippen molar-refractivity contribution in [3.63, 3.8) is 0 Å². The highest BCUT2D eigenvalue weighted by Gasteiger charge is 2.46. The van der Waals surface area contributed by atoms with Gasteiger partial charge in [0.1, 0.15) is 6.04 Å². The lowest BCUT2D eigenvalue weighted by Gasteiger charge is -2.26. The van der Waals surface area contributed by atoms with Crippen LogP contribution >= 0.6 is 0 Å². The lowest BCUT2D eigenvalue weighted by atomic mass is 10.0. The quantitative estimate of drug-likeness (QED) is 0.795. The Morgan fingerprint density at radius 3 is 2.59 bits per heavy atom. The zero-order chi connectivity index (χ0) is 15.6. The van der Waals surface area contributed by atoms with Crippen LogP contribution in [-0.4, -0.2) is 44.8 Å². The number of amides is 1. The molecule has 0 radical (unpaired) electrons. The van der Waals surface area contributed by atoms with Gasteiger partial charge in [0.15, 0.2) is 0 Å². The van der Waals surface area contributed by atoms with Crippen LogP contribution in [0.2, 0.25) is 0 Å². The molecule has 0 unspecified atom stereocenters. The van der Waals surface area contributed by atoms with E-state index < -0.39 is 0 Å². The highest BCUT2D eigenvalue weighted by molar-refractivity contribution is 5.89. The lowest BCUT2D eigenvalue weighted by molar-refractivity contribution is -0.127. The molecule has 1 aromatic carbocycles. The fourth-order valence-corrected chi connectivity index (χ4v) is 2.71. The Morgan fingerprint density at radius 1 is 1.32 bits per heavy atom. The van der Waals surface area contributed by atoms with Crippen molar-refractivity contribution in [1.29, 1.82) is 0 Å². The normalized spacial score (nSPS) is 22.7. The number of hydrogen-bond acceptors (Lipinski definition) is 5. The van der Waals surface area contributed by atoms with Gasteiger partial charge in [0.2, 0.25) is 5.91 Å². The van der Waals surface area contributed by atoms with Gasteiger partial charge in [-0.1, -0.05) is 12.1 Å². The van der Waals surface area contributed by atoms with E-state index >= 15 is 0 Å². The van der Waals surface area contributed by atoms with Gasteiger partial charge in [-0.3, -0.25) is 4.79 Å². The Labute approximate surface area is 129 Å².